The molecule has 3 amide bonds. The number of unbranched alkanes of at least 4 members (excludes halogenated alkanes) is 2. The highest BCUT2D eigenvalue weighted by molar-refractivity contribution is 7.99. The lowest BCUT2D eigenvalue weighted by molar-refractivity contribution is -0.306. The van der Waals surface area contributed by atoms with Gasteiger partial charge in [0.25, 0.3) is 17.7 Å². The van der Waals surface area contributed by atoms with Crippen molar-refractivity contribution in [2.45, 2.75) is 161 Å². The average Bonchev–Trinajstić information content (AvgIpc) is 3.92. The number of nitrogens with one attached hydrogen (secondary N) is 1. The van der Waals surface area contributed by atoms with E-state index >= 15 is 0 Å². The van der Waals surface area contributed by atoms with Gasteiger partial charge in [-0.3, -0.25) is 19.6 Å². The van der Waals surface area contributed by atoms with E-state index in [1.165, 1.54) is 17.8 Å². The summed E-state index contributed by atoms with van der Waals surface area (Å²) in [7, 11) is 0. The number of ether oxygens (including phenoxy) is 7. The van der Waals surface area contributed by atoms with Crippen LogP contribution in [0.5, 0.6) is 11.6 Å². The zero-order chi connectivity index (χ0) is 51.3. The third-order valence-electron chi connectivity index (χ3n) is 13.2. The van der Waals surface area contributed by atoms with E-state index in [9.17, 15) is 50.2 Å². The number of amides is 3. The summed E-state index contributed by atoms with van der Waals surface area (Å²) in [6, 6.07) is 0.254. The van der Waals surface area contributed by atoms with Gasteiger partial charge < -0.3 is 104 Å². The Labute approximate surface area is 411 Å². The third-order valence-corrected chi connectivity index (χ3v) is 14.2. The molecule has 5 aliphatic rings. The van der Waals surface area contributed by atoms with Gasteiger partial charge in [-0.2, -0.15) is 16.8 Å². The minimum atomic E-state index is -1.59. The molecule has 20 N–H and O–H groups in total. The van der Waals surface area contributed by atoms with Gasteiger partial charge in [-0.25, -0.2) is 4.68 Å². The number of fused-ring (bicyclic) bond motifs is 1. The highest BCUT2D eigenvalue weighted by atomic mass is 32.2. The molecule has 4 fully saturated rings. The molecule has 2 aromatic rings. The normalized spacial score (nSPS) is 37.5. The van der Waals surface area contributed by atoms with Gasteiger partial charge in [-0.15, -0.1) is 0 Å². The van der Waals surface area contributed by atoms with Crippen LogP contribution in [-0.4, -0.2) is 221 Å². The van der Waals surface area contributed by atoms with Gasteiger partial charge in [0, 0.05) is 61.8 Å². The third kappa shape index (κ3) is 12.8. The molecule has 71 heavy (non-hydrogen) atoms. The van der Waals surface area contributed by atoms with Crippen LogP contribution >= 0.6 is 11.8 Å². The zero-order valence-corrected chi connectivity index (χ0v) is 39.5. The molecule has 1 saturated carbocycles. The number of carbonyl (C=O) groups is 3. The van der Waals surface area contributed by atoms with E-state index in [0.717, 1.165) is 0 Å². The standard InChI is InChI=1S/C42H67N11O17S/c43-13-22-31(57)33(59)28(47)40(65-22)68-36-21(46)12-20(45)30(56)38(36)70-42-35(61)37(69-41-29(48)34(60)32(58)23(14-44)66-41)24(67-42)16-71-9-7-49-25(54)4-2-1-3-8-52-15-26(50-51-52)64-18-6-5-17-10-27(55)53(63)39(62)19(17)11-18/h5-6,11,15,20-24,28-38,40-42,56-61,63H,1-4,7-10,12-14,16,43-48H2,(H,49,54)/t20-,21+,22-,23+,24-,28-,29-,30+,31-,32-,33-,34-,35-,36-,37-,38-,40-,41-,42+/m1/s1. The van der Waals surface area contributed by atoms with Crippen molar-refractivity contribution in [3.63, 3.8) is 0 Å². The van der Waals surface area contributed by atoms with Gasteiger partial charge in [0.1, 0.15) is 66.8 Å². The molecule has 0 unspecified atom stereocenters. The molecule has 1 aliphatic carbocycles. The van der Waals surface area contributed by atoms with Gasteiger partial charge >= 0.3 is 0 Å². The quantitative estimate of drug-likeness (QED) is 0.0314. The van der Waals surface area contributed by atoms with E-state index in [4.69, 9.17) is 67.6 Å². The highest BCUT2D eigenvalue weighted by Crippen LogP contribution is 2.36. The predicted molar refractivity (Wildman–Crippen MR) is 243 cm³/mol. The summed E-state index contributed by atoms with van der Waals surface area (Å²) in [4.78, 5) is 36.8. The first-order valence-electron chi connectivity index (χ1n) is 23.5. The maximum Gasteiger partial charge on any atom is 0.285 e. The lowest BCUT2D eigenvalue weighted by Gasteiger charge is -2.47. The number of benzene rings is 1. The van der Waals surface area contributed by atoms with Crippen molar-refractivity contribution in [3.05, 3.63) is 35.5 Å². The van der Waals surface area contributed by atoms with Crippen molar-refractivity contribution < 1.29 is 83.4 Å². The van der Waals surface area contributed by atoms with Crippen LogP contribution < -0.4 is 44.5 Å². The number of hydroxylamine groups is 2. The van der Waals surface area contributed by atoms with Crippen molar-refractivity contribution in [2.75, 3.05) is 31.1 Å². The number of aromatic nitrogens is 3. The van der Waals surface area contributed by atoms with Crippen LogP contribution in [0.3, 0.4) is 0 Å². The molecule has 1 aromatic heterocycles. The van der Waals surface area contributed by atoms with Gasteiger partial charge in [-0.05, 0) is 37.0 Å². The van der Waals surface area contributed by atoms with Crippen molar-refractivity contribution in [1.82, 2.24) is 25.4 Å². The summed E-state index contributed by atoms with van der Waals surface area (Å²) >= 11 is 1.35. The fourth-order valence-electron chi connectivity index (χ4n) is 9.01. The Morgan fingerprint density at radius 3 is 2.07 bits per heavy atom. The van der Waals surface area contributed by atoms with E-state index in [1.807, 2.05) is 0 Å². The largest absolute Gasteiger partial charge is 0.436 e. The molecule has 28 nitrogen and oxygen atoms in total. The molecule has 4 aliphatic heterocycles. The van der Waals surface area contributed by atoms with Crippen LogP contribution in [0.15, 0.2) is 24.4 Å². The van der Waals surface area contributed by atoms with Crippen LogP contribution in [0, 0.1) is 0 Å². The molecule has 3 saturated heterocycles. The molecule has 0 spiro atoms. The minimum absolute atomic E-state index is 0.0637. The molecule has 1 aromatic carbocycles. The van der Waals surface area contributed by atoms with E-state index in [0.29, 0.717) is 37.1 Å². The number of aliphatic hydroxyl groups excluding tert-OH is 6. The van der Waals surface area contributed by atoms with E-state index < -0.39 is 128 Å². The molecular weight excluding hydrogens is 963 g/mol. The number of aliphatic hydroxyl groups is 6. The second-order valence-corrected chi connectivity index (χ2v) is 19.4. The van der Waals surface area contributed by atoms with Crippen LogP contribution in [0.2, 0.25) is 0 Å². The van der Waals surface area contributed by atoms with Gasteiger partial charge in [0.15, 0.2) is 18.9 Å². The molecular formula is C42H67N11O17S. The number of imide groups is 1. The second kappa shape index (κ2) is 24.6. The van der Waals surface area contributed by atoms with Crippen molar-refractivity contribution >= 4 is 29.5 Å². The molecule has 7 rings (SSSR count). The predicted octanol–water partition coefficient (Wildman–Crippen LogP) is -6.48. The van der Waals surface area contributed by atoms with Crippen molar-refractivity contribution in [3.8, 4) is 11.6 Å². The van der Waals surface area contributed by atoms with Crippen molar-refractivity contribution in [2.24, 2.45) is 34.4 Å². The number of nitrogens with two attached hydrogens (primary N) is 6. The average molecular weight is 1030 g/mol. The fourth-order valence-corrected chi connectivity index (χ4v) is 9.93. The van der Waals surface area contributed by atoms with Crippen LogP contribution in [0.4, 0.5) is 0 Å². The van der Waals surface area contributed by atoms with Crippen molar-refractivity contribution in [1.29, 1.82) is 0 Å². The summed E-state index contributed by atoms with van der Waals surface area (Å²) < 4.78 is 43.7. The lowest BCUT2D eigenvalue weighted by atomic mass is 9.84. The minimum Gasteiger partial charge on any atom is -0.436 e. The van der Waals surface area contributed by atoms with Gasteiger partial charge in [0.05, 0.1) is 36.9 Å². The van der Waals surface area contributed by atoms with Gasteiger partial charge in [-0.1, -0.05) is 22.8 Å². The van der Waals surface area contributed by atoms with E-state index in [2.05, 4.69) is 15.6 Å². The number of thioether (sulfide) groups is 1. The summed E-state index contributed by atoms with van der Waals surface area (Å²) in [5.41, 5.74) is 37.3. The Morgan fingerprint density at radius 1 is 0.775 bits per heavy atom. The Hall–Kier alpha value is -3.64. The van der Waals surface area contributed by atoms with Crippen LogP contribution in [-0.2, 0) is 51.0 Å². The topological polar surface area (TPSA) is 460 Å². The smallest absolute Gasteiger partial charge is 0.285 e. The number of hydrogen-bond acceptors (Lipinski definition) is 26. The summed E-state index contributed by atoms with van der Waals surface area (Å²) in [6.07, 6.45) is -16.1. The second-order valence-electron chi connectivity index (χ2n) is 18.2. The summed E-state index contributed by atoms with van der Waals surface area (Å²) in [5, 5.41) is 85.9. The Morgan fingerprint density at radius 2 is 1.41 bits per heavy atom. The van der Waals surface area contributed by atoms with E-state index in [-0.39, 0.29) is 72.8 Å². The number of aryl methyl sites for hydroxylation is 1. The highest BCUT2D eigenvalue weighted by Gasteiger charge is 2.54. The van der Waals surface area contributed by atoms with Gasteiger partial charge in [0.2, 0.25) is 5.91 Å². The first-order valence-corrected chi connectivity index (χ1v) is 24.6. The molecule has 5 heterocycles. The number of carbonyl (C=O) groups excluding carboxylic acids is 3. The Kier molecular flexibility index (Phi) is 19.1. The number of hydrogen-bond donors (Lipinski definition) is 14. The molecule has 398 valence electrons. The Bertz CT molecular complexity index is 2100. The Balaban J connectivity index is 0.888. The molecule has 0 radical (unpaired) electrons. The molecule has 19 atom stereocenters. The van der Waals surface area contributed by atoms with Crippen LogP contribution in [0.1, 0.15) is 48.0 Å². The number of nitrogens with zero attached hydrogens (tertiary/aromatic N) is 4. The maximum absolute atomic E-state index is 12.7. The van der Waals surface area contributed by atoms with Crippen LogP contribution in [0.25, 0.3) is 0 Å². The zero-order valence-electron chi connectivity index (χ0n) is 38.6. The maximum atomic E-state index is 12.7. The SMILES string of the molecule is NC[C@@H]1O[C@H](O[C@H]2[C@@H](O)[C@H](O[C@@H]3[C@@H](O)[C@H](N)C[C@H](N)[C@H]3O[C@H]3O[C@H](CN)[C@@H](O)[C@H](O)[C@H]3N)O[C@@H]2CSCCNC(=O)CCCCCn2cc(Oc3ccc4c(c3)C(=O)N(O)C(=O)C4)nn2)[C@H](N)[C@@H](O)[C@@H]1O. The monoisotopic (exact) mass is 1030 g/mol. The number of rotatable bonds is 21. The molecule has 29 heteroatoms. The summed E-state index contributed by atoms with van der Waals surface area (Å²) in [6.45, 7) is 0.409. The fraction of sp³-hybridized carbons (Fsp3) is 0.738. The molecule has 0 bridgehead atoms. The lowest BCUT2D eigenvalue weighted by Crippen LogP contribution is -2.68. The first kappa shape index (κ1) is 55.1. The first-order chi connectivity index (χ1) is 33.9. The summed E-state index contributed by atoms with van der Waals surface area (Å²) in [5.74, 6) is -0.698. The van der Waals surface area contributed by atoms with E-state index in [1.54, 1.807) is 23.0 Å².